The van der Waals surface area contributed by atoms with E-state index in [-0.39, 0.29) is 0 Å². The van der Waals surface area contributed by atoms with Gasteiger partial charge in [0.15, 0.2) is 0 Å². The van der Waals surface area contributed by atoms with Crippen LogP contribution >= 0.6 is 0 Å². The van der Waals surface area contributed by atoms with Crippen LogP contribution in [0.2, 0.25) is 0 Å². The van der Waals surface area contributed by atoms with Crippen molar-refractivity contribution in [1.82, 2.24) is 0 Å². The van der Waals surface area contributed by atoms with Crippen LogP contribution in [0.5, 0.6) is 0 Å². The number of allylic oxidation sites excluding steroid dienone is 1. The Kier molecular flexibility index (Phi) is 12.4. The van der Waals surface area contributed by atoms with E-state index in [1.807, 2.05) is 0 Å². The molecule has 0 aromatic carbocycles. The number of hydrogen-bond acceptors (Lipinski definition) is 1. The molecule has 0 amide bonds. The fraction of sp³-hybridized carbons (Fsp3) is 0.842. The maximum absolute atomic E-state index is 11.1. The summed E-state index contributed by atoms with van der Waals surface area (Å²) >= 11 is 0. The Morgan fingerprint density at radius 2 is 1.33 bits per heavy atom. The van der Waals surface area contributed by atoms with Gasteiger partial charge in [-0.05, 0) is 24.7 Å². The van der Waals surface area contributed by atoms with Crippen molar-refractivity contribution in [3.05, 3.63) is 11.6 Å². The van der Waals surface area contributed by atoms with Crippen LogP contribution in [-0.2, 0) is 4.79 Å². The Hall–Kier alpha value is -0.790. The van der Waals surface area contributed by atoms with Gasteiger partial charge in [-0.25, -0.2) is 4.79 Å². The van der Waals surface area contributed by atoms with Crippen molar-refractivity contribution < 1.29 is 9.90 Å². The average molecular weight is 296 g/mol. The SMILES string of the molecule is CCCCC(CC)CC(=CC(=O)O)CC(CC)CCCC. The zero-order valence-electron chi connectivity index (χ0n) is 14.7. The van der Waals surface area contributed by atoms with Crippen molar-refractivity contribution in [3.8, 4) is 0 Å². The standard InChI is InChI=1S/C19H36O2/c1-5-9-11-16(7-3)13-18(15-19(20)21)14-17(8-4)12-10-6-2/h15-17H,5-14H2,1-4H3,(H,20,21). The molecule has 0 aliphatic carbocycles. The fourth-order valence-electron chi connectivity index (χ4n) is 3.00. The third kappa shape index (κ3) is 10.6. The second-order valence-electron chi connectivity index (χ2n) is 6.38. The zero-order chi connectivity index (χ0) is 16.1. The molecule has 0 rings (SSSR count). The van der Waals surface area contributed by atoms with Gasteiger partial charge >= 0.3 is 5.97 Å². The van der Waals surface area contributed by atoms with Crippen LogP contribution in [0.1, 0.15) is 91.9 Å². The molecule has 124 valence electrons. The molecule has 0 spiro atoms. The summed E-state index contributed by atoms with van der Waals surface area (Å²) < 4.78 is 0. The van der Waals surface area contributed by atoms with E-state index >= 15 is 0 Å². The highest BCUT2D eigenvalue weighted by Crippen LogP contribution is 2.28. The van der Waals surface area contributed by atoms with Crippen molar-refractivity contribution in [2.45, 2.75) is 91.9 Å². The monoisotopic (exact) mass is 296 g/mol. The van der Waals surface area contributed by atoms with E-state index in [0.717, 1.165) is 31.3 Å². The Morgan fingerprint density at radius 1 is 0.905 bits per heavy atom. The van der Waals surface area contributed by atoms with Crippen molar-refractivity contribution >= 4 is 5.97 Å². The highest BCUT2D eigenvalue weighted by Gasteiger charge is 2.14. The lowest BCUT2D eigenvalue weighted by atomic mass is 9.85. The molecule has 1 N–H and O–H groups in total. The first-order chi connectivity index (χ1) is 10.1. The van der Waals surface area contributed by atoms with Crippen LogP contribution < -0.4 is 0 Å². The normalized spacial score (nSPS) is 13.7. The molecule has 21 heavy (non-hydrogen) atoms. The number of carboxylic acids is 1. The summed E-state index contributed by atoms with van der Waals surface area (Å²) in [5.41, 5.74) is 1.16. The van der Waals surface area contributed by atoms with Crippen molar-refractivity contribution in [2.75, 3.05) is 0 Å². The summed E-state index contributed by atoms with van der Waals surface area (Å²) in [5.74, 6) is 0.527. The van der Waals surface area contributed by atoms with E-state index in [1.54, 1.807) is 0 Å². The van der Waals surface area contributed by atoms with E-state index in [0.29, 0.717) is 11.8 Å². The Labute approximate surface area is 132 Å². The average Bonchev–Trinajstić information content (AvgIpc) is 2.46. The molecule has 0 aliphatic heterocycles. The van der Waals surface area contributed by atoms with Crippen LogP contribution in [-0.4, -0.2) is 11.1 Å². The molecule has 2 nitrogen and oxygen atoms in total. The molecule has 0 radical (unpaired) electrons. The minimum Gasteiger partial charge on any atom is -0.478 e. The van der Waals surface area contributed by atoms with E-state index in [2.05, 4.69) is 27.7 Å². The van der Waals surface area contributed by atoms with E-state index < -0.39 is 5.97 Å². The minimum absolute atomic E-state index is 0.652. The van der Waals surface area contributed by atoms with Gasteiger partial charge in [-0.2, -0.15) is 0 Å². The van der Waals surface area contributed by atoms with Crippen LogP contribution in [0.15, 0.2) is 11.6 Å². The van der Waals surface area contributed by atoms with Gasteiger partial charge in [-0.15, -0.1) is 0 Å². The van der Waals surface area contributed by atoms with Gasteiger partial charge in [0, 0.05) is 6.08 Å². The first kappa shape index (κ1) is 20.2. The first-order valence-corrected chi connectivity index (χ1v) is 8.99. The summed E-state index contributed by atoms with van der Waals surface area (Å²) in [6.45, 7) is 8.90. The smallest absolute Gasteiger partial charge is 0.328 e. The van der Waals surface area contributed by atoms with Crippen molar-refractivity contribution in [2.24, 2.45) is 11.8 Å². The molecule has 0 bridgehead atoms. The molecule has 2 unspecified atom stereocenters. The summed E-state index contributed by atoms with van der Waals surface area (Å²) in [6, 6.07) is 0. The molecule has 2 heteroatoms. The Morgan fingerprint density at radius 3 is 1.62 bits per heavy atom. The number of aliphatic carboxylic acids is 1. The van der Waals surface area contributed by atoms with Crippen LogP contribution in [0.3, 0.4) is 0 Å². The van der Waals surface area contributed by atoms with Crippen LogP contribution in [0, 0.1) is 11.8 Å². The molecule has 0 heterocycles. The number of hydrogen-bond donors (Lipinski definition) is 1. The predicted octanol–water partition coefficient (Wildman–Crippen LogP) is 6.21. The number of unbranched alkanes of at least 4 members (excludes halogenated alkanes) is 2. The van der Waals surface area contributed by atoms with Gasteiger partial charge in [-0.3, -0.25) is 0 Å². The zero-order valence-corrected chi connectivity index (χ0v) is 14.7. The van der Waals surface area contributed by atoms with E-state index in [4.69, 9.17) is 5.11 Å². The summed E-state index contributed by atoms with van der Waals surface area (Å²) in [7, 11) is 0. The lowest BCUT2D eigenvalue weighted by Crippen LogP contribution is -2.08. The summed E-state index contributed by atoms with van der Waals surface area (Å²) in [5, 5.41) is 9.13. The largest absolute Gasteiger partial charge is 0.478 e. The van der Waals surface area contributed by atoms with Gasteiger partial charge in [0.25, 0.3) is 0 Å². The van der Waals surface area contributed by atoms with Gasteiger partial charge in [0.2, 0.25) is 0 Å². The number of rotatable bonds is 13. The quantitative estimate of drug-likeness (QED) is 0.410. The molecule has 0 fully saturated rings. The van der Waals surface area contributed by atoms with E-state index in [1.165, 1.54) is 44.6 Å². The van der Waals surface area contributed by atoms with Gasteiger partial charge < -0.3 is 5.11 Å². The molecule has 0 aromatic rings. The maximum Gasteiger partial charge on any atom is 0.328 e. The second kappa shape index (κ2) is 12.9. The van der Waals surface area contributed by atoms with Gasteiger partial charge in [-0.1, -0.05) is 84.6 Å². The fourth-order valence-corrected chi connectivity index (χ4v) is 3.00. The number of carboxylic acid groups (broad SMARTS) is 1. The molecular weight excluding hydrogens is 260 g/mol. The molecule has 0 aromatic heterocycles. The van der Waals surface area contributed by atoms with Crippen LogP contribution in [0.4, 0.5) is 0 Å². The molecule has 0 saturated carbocycles. The summed E-state index contributed by atoms with van der Waals surface area (Å²) in [4.78, 5) is 11.1. The Balaban J connectivity index is 4.66. The second-order valence-corrected chi connectivity index (χ2v) is 6.38. The highest BCUT2D eigenvalue weighted by molar-refractivity contribution is 5.80. The Bertz CT molecular complexity index is 274. The van der Waals surface area contributed by atoms with Crippen LogP contribution in [0.25, 0.3) is 0 Å². The third-order valence-electron chi connectivity index (χ3n) is 4.52. The highest BCUT2D eigenvalue weighted by atomic mass is 16.4. The minimum atomic E-state index is -0.777. The number of carbonyl (C=O) groups is 1. The molecular formula is C19H36O2. The summed E-state index contributed by atoms with van der Waals surface area (Å²) in [6.07, 6.45) is 13.2. The molecule has 2 atom stereocenters. The first-order valence-electron chi connectivity index (χ1n) is 8.99. The van der Waals surface area contributed by atoms with Gasteiger partial charge in [0.05, 0.1) is 0 Å². The van der Waals surface area contributed by atoms with Crippen molar-refractivity contribution in [1.29, 1.82) is 0 Å². The lowest BCUT2D eigenvalue weighted by molar-refractivity contribution is -0.131. The molecule has 0 aliphatic rings. The predicted molar refractivity (Wildman–Crippen MR) is 91.6 cm³/mol. The maximum atomic E-state index is 11.1. The topological polar surface area (TPSA) is 37.3 Å². The van der Waals surface area contributed by atoms with Gasteiger partial charge in [0.1, 0.15) is 0 Å². The van der Waals surface area contributed by atoms with E-state index in [9.17, 15) is 4.79 Å². The molecule has 0 saturated heterocycles. The lowest BCUT2D eigenvalue weighted by Gasteiger charge is -2.21. The van der Waals surface area contributed by atoms with Crippen molar-refractivity contribution in [3.63, 3.8) is 0 Å². The third-order valence-corrected chi connectivity index (χ3v) is 4.52.